The molecule has 0 aromatic carbocycles. The zero-order chi connectivity index (χ0) is 10.9. The zero-order valence-electron chi connectivity index (χ0n) is 10.5. The molecular formula is C13H28N2. The Hall–Kier alpha value is -0.0800. The minimum atomic E-state index is 0.878. The van der Waals surface area contributed by atoms with Gasteiger partial charge in [-0.05, 0) is 57.7 Å². The molecular weight excluding hydrogens is 184 g/mol. The Bertz CT molecular complexity index is 143. The molecule has 15 heavy (non-hydrogen) atoms. The number of nitrogens with one attached hydrogen (secondary N) is 2. The lowest BCUT2D eigenvalue weighted by molar-refractivity contribution is 0.402. The largest absolute Gasteiger partial charge is 0.317 e. The van der Waals surface area contributed by atoms with E-state index in [1.807, 2.05) is 0 Å². The minimum absolute atomic E-state index is 0.878. The fraction of sp³-hybridized carbons (Fsp3) is 1.00. The van der Waals surface area contributed by atoms with Gasteiger partial charge in [0, 0.05) is 6.04 Å². The molecule has 0 spiro atoms. The summed E-state index contributed by atoms with van der Waals surface area (Å²) in [5, 5.41) is 7.06. The average Bonchev–Trinajstić information content (AvgIpc) is 3.04. The fourth-order valence-corrected chi connectivity index (χ4v) is 2.09. The molecule has 0 aliphatic heterocycles. The maximum Gasteiger partial charge on any atom is 0.00682 e. The van der Waals surface area contributed by atoms with E-state index in [0.29, 0.717) is 0 Å². The lowest BCUT2D eigenvalue weighted by atomic mass is 9.98. The summed E-state index contributed by atoms with van der Waals surface area (Å²) in [6.07, 6.45) is 8.28. The molecule has 0 radical (unpaired) electrons. The van der Waals surface area contributed by atoms with E-state index in [4.69, 9.17) is 0 Å². The van der Waals surface area contributed by atoms with Crippen molar-refractivity contribution in [3.63, 3.8) is 0 Å². The van der Waals surface area contributed by atoms with Crippen LogP contribution in [0.2, 0.25) is 0 Å². The van der Waals surface area contributed by atoms with Crippen molar-refractivity contribution in [2.45, 2.75) is 58.4 Å². The Morgan fingerprint density at radius 1 is 1.20 bits per heavy atom. The van der Waals surface area contributed by atoms with Crippen molar-refractivity contribution in [2.24, 2.45) is 5.92 Å². The van der Waals surface area contributed by atoms with Crippen molar-refractivity contribution >= 4 is 0 Å². The Kier molecular flexibility index (Phi) is 7.03. The molecule has 0 amide bonds. The van der Waals surface area contributed by atoms with E-state index in [2.05, 4.69) is 24.5 Å². The monoisotopic (exact) mass is 212 g/mol. The summed E-state index contributed by atoms with van der Waals surface area (Å²) in [6, 6.07) is 0.878. The Morgan fingerprint density at radius 2 is 2.00 bits per heavy atom. The van der Waals surface area contributed by atoms with Gasteiger partial charge in [0.05, 0.1) is 0 Å². The molecule has 90 valence electrons. The summed E-state index contributed by atoms with van der Waals surface area (Å²) < 4.78 is 0. The maximum atomic E-state index is 3.59. The van der Waals surface area contributed by atoms with Crippen LogP contribution in [0.15, 0.2) is 0 Å². The highest BCUT2D eigenvalue weighted by atomic mass is 14.9. The van der Waals surface area contributed by atoms with Crippen LogP contribution < -0.4 is 10.6 Å². The summed E-state index contributed by atoms with van der Waals surface area (Å²) in [7, 11) is 0. The number of hydrogen-bond acceptors (Lipinski definition) is 2. The normalized spacial score (nSPS) is 18.0. The first-order chi connectivity index (χ1) is 7.36. The molecule has 1 aliphatic rings. The van der Waals surface area contributed by atoms with Crippen LogP contribution >= 0.6 is 0 Å². The van der Waals surface area contributed by atoms with Gasteiger partial charge < -0.3 is 10.6 Å². The number of hydrogen-bond donors (Lipinski definition) is 2. The molecule has 2 nitrogen and oxygen atoms in total. The van der Waals surface area contributed by atoms with Crippen LogP contribution in [0, 0.1) is 5.92 Å². The molecule has 2 N–H and O–H groups in total. The molecule has 1 atom stereocenters. The van der Waals surface area contributed by atoms with Crippen LogP contribution in [0.1, 0.15) is 52.4 Å². The second-order valence-electron chi connectivity index (χ2n) is 4.83. The SMILES string of the molecule is CCCC(CCCNC1CC1)CNCC. The summed E-state index contributed by atoms with van der Waals surface area (Å²) >= 11 is 0. The highest BCUT2D eigenvalue weighted by Gasteiger charge is 2.19. The van der Waals surface area contributed by atoms with Gasteiger partial charge in [-0.3, -0.25) is 0 Å². The van der Waals surface area contributed by atoms with Crippen molar-refractivity contribution in [1.82, 2.24) is 10.6 Å². The second-order valence-corrected chi connectivity index (χ2v) is 4.83. The topological polar surface area (TPSA) is 24.1 Å². The first kappa shape index (κ1) is 13.0. The molecule has 1 unspecified atom stereocenters. The molecule has 0 aromatic heterocycles. The quantitative estimate of drug-likeness (QED) is 0.544. The van der Waals surface area contributed by atoms with Crippen molar-refractivity contribution in [3.05, 3.63) is 0 Å². The third-order valence-electron chi connectivity index (χ3n) is 3.18. The van der Waals surface area contributed by atoms with E-state index in [1.165, 1.54) is 51.6 Å². The molecule has 2 heteroatoms. The van der Waals surface area contributed by atoms with Crippen molar-refractivity contribution in [2.75, 3.05) is 19.6 Å². The molecule has 0 heterocycles. The first-order valence-corrected chi connectivity index (χ1v) is 6.80. The van der Waals surface area contributed by atoms with Gasteiger partial charge in [0.25, 0.3) is 0 Å². The van der Waals surface area contributed by atoms with Crippen LogP contribution in [0.25, 0.3) is 0 Å². The van der Waals surface area contributed by atoms with E-state index < -0.39 is 0 Å². The fourth-order valence-electron chi connectivity index (χ4n) is 2.09. The minimum Gasteiger partial charge on any atom is -0.317 e. The van der Waals surface area contributed by atoms with Crippen LogP contribution in [0.4, 0.5) is 0 Å². The van der Waals surface area contributed by atoms with E-state index >= 15 is 0 Å². The van der Waals surface area contributed by atoms with E-state index in [0.717, 1.165) is 18.5 Å². The third kappa shape index (κ3) is 6.91. The lowest BCUT2D eigenvalue weighted by Crippen LogP contribution is -2.24. The first-order valence-electron chi connectivity index (χ1n) is 6.80. The predicted molar refractivity (Wildman–Crippen MR) is 67.2 cm³/mol. The van der Waals surface area contributed by atoms with Gasteiger partial charge in [-0.15, -0.1) is 0 Å². The van der Waals surface area contributed by atoms with E-state index in [1.54, 1.807) is 0 Å². The van der Waals surface area contributed by atoms with Crippen molar-refractivity contribution in [1.29, 1.82) is 0 Å². The highest BCUT2D eigenvalue weighted by Crippen LogP contribution is 2.19. The third-order valence-corrected chi connectivity index (χ3v) is 3.18. The van der Waals surface area contributed by atoms with Crippen molar-refractivity contribution in [3.8, 4) is 0 Å². The van der Waals surface area contributed by atoms with E-state index in [-0.39, 0.29) is 0 Å². The smallest absolute Gasteiger partial charge is 0.00682 e. The van der Waals surface area contributed by atoms with Crippen LogP contribution in [-0.2, 0) is 0 Å². The van der Waals surface area contributed by atoms with Crippen molar-refractivity contribution < 1.29 is 0 Å². The van der Waals surface area contributed by atoms with Gasteiger partial charge in [0.2, 0.25) is 0 Å². The van der Waals surface area contributed by atoms with Crippen LogP contribution in [0.5, 0.6) is 0 Å². The standard InChI is InChI=1S/C13H28N2/c1-3-6-12(11-14-4-2)7-5-10-15-13-8-9-13/h12-15H,3-11H2,1-2H3. The van der Waals surface area contributed by atoms with Gasteiger partial charge in [-0.2, -0.15) is 0 Å². The summed E-state index contributed by atoms with van der Waals surface area (Å²) in [5.41, 5.74) is 0. The van der Waals surface area contributed by atoms with Gasteiger partial charge in [0.15, 0.2) is 0 Å². The highest BCUT2D eigenvalue weighted by molar-refractivity contribution is 4.80. The maximum absolute atomic E-state index is 3.59. The summed E-state index contributed by atoms with van der Waals surface area (Å²) in [5.74, 6) is 0.899. The zero-order valence-corrected chi connectivity index (χ0v) is 10.5. The molecule has 1 rings (SSSR count). The van der Waals surface area contributed by atoms with Gasteiger partial charge in [-0.1, -0.05) is 20.3 Å². The van der Waals surface area contributed by atoms with Gasteiger partial charge in [-0.25, -0.2) is 0 Å². The molecule has 0 aromatic rings. The molecule has 1 aliphatic carbocycles. The summed E-state index contributed by atoms with van der Waals surface area (Å²) in [6.45, 7) is 8.05. The Balaban J connectivity index is 1.95. The van der Waals surface area contributed by atoms with E-state index in [9.17, 15) is 0 Å². The molecule has 0 saturated heterocycles. The number of rotatable bonds is 10. The van der Waals surface area contributed by atoms with Crippen LogP contribution in [0.3, 0.4) is 0 Å². The average molecular weight is 212 g/mol. The summed E-state index contributed by atoms with van der Waals surface area (Å²) in [4.78, 5) is 0. The lowest BCUT2D eigenvalue weighted by Gasteiger charge is -2.16. The predicted octanol–water partition coefficient (Wildman–Crippen LogP) is 2.54. The second kappa shape index (κ2) is 8.12. The Labute approximate surface area is 95.2 Å². The van der Waals surface area contributed by atoms with Crippen LogP contribution in [-0.4, -0.2) is 25.7 Å². The molecule has 1 saturated carbocycles. The molecule has 1 fully saturated rings. The molecule has 0 bridgehead atoms. The van der Waals surface area contributed by atoms with Gasteiger partial charge in [0.1, 0.15) is 0 Å². The van der Waals surface area contributed by atoms with Gasteiger partial charge >= 0.3 is 0 Å². The Morgan fingerprint density at radius 3 is 2.60 bits per heavy atom.